The topological polar surface area (TPSA) is 55.3 Å². The highest BCUT2D eigenvalue weighted by molar-refractivity contribution is 6.31. The Bertz CT molecular complexity index is 651. The highest BCUT2D eigenvalue weighted by Gasteiger charge is 2.28. The van der Waals surface area contributed by atoms with Crippen LogP contribution in [0.5, 0.6) is 5.88 Å². The van der Waals surface area contributed by atoms with E-state index in [4.69, 9.17) is 16.3 Å². The third-order valence-electron chi connectivity index (χ3n) is 3.63. The zero-order chi connectivity index (χ0) is 15.4. The number of carbonyl (C=O) groups excluding carboxylic acids is 1. The van der Waals surface area contributed by atoms with E-state index in [0.717, 1.165) is 12.0 Å². The standard InChI is InChI=1S/C16H16ClN3O2/c17-14-5-2-1-4-12(14)10-16(21)20-9-7-13(11-20)22-15-6-3-8-18-19-15/h1-6,8,13H,7,9-11H2/t13-/m1/s1. The van der Waals surface area contributed by atoms with Gasteiger partial charge < -0.3 is 9.64 Å². The van der Waals surface area contributed by atoms with E-state index in [1.54, 1.807) is 24.4 Å². The molecule has 0 N–H and O–H groups in total. The predicted molar refractivity (Wildman–Crippen MR) is 82.8 cm³/mol. The zero-order valence-corrected chi connectivity index (χ0v) is 12.7. The van der Waals surface area contributed by atoms with Crippen LogP contribution in [0.25, 0.3) is 0 Å². The van der Waals surface area contributed by atoms with Crippen molar-refractivity contribution in [3.8, 4) is 5.88 Å². The maximum Gasteiger partial charge on any atom is 0.233 e. The second kappa shape index (κ2) is 6.75. The van der Waals surface area contributed by atoms with E-state index in [-0.39, 0.29) is 12.0 Å². The first-order valence-electron chi connectivity index (χ1n) is 7.18. The Kier molecular flexibility index (Phi) is 4.53. The van der Waals surface area contributed by atoms with Gasteiger partial charge in [0.05, 0.1) is 13.0 Å². The van der Waals surface area contributed by atoms with Crippen molar-refractivity contribution >= 4 is 17.5 Å². The van der Waals surface area contributed by atoms with Crippen LogP contribution in [0.15, 0.2) is 42.6 Å². The highest BCUT2D eigenvalue weighted by Crippen LogP contribution is 2.19. The van der Waals surface area contributed by atoms with Crippen LogP contribution in [0.1, 0.15) is 12.0 Å². The van der Waals surface area contributed by atoms with Crippen molar-refractivity contribution in [1.29, 1.82) is 0 Å². The van der Waals surface area contributed by atoms with Crippen molar-refractivity contribution < 1.29 is 9.53 Å². The summed E-state index contributed by atoms with van der Waals surface area (Å²) in [6, 6.07) is 11.0. The monoisotopic (exact) mass is 317 g/mol. The van der Waals surface area contributed by atoms with E-state index in [1.807, 2.05) is 23.1 Å². The van der Waals surface area contributed by atoms with Gasteiger partial charge in [-0.05, 0) is 17.7 Å². The van der Waals surface area contributed by atoms with Gasteiger partial charge in [0.1, 0.15) is 6.10 Å². The van der Waals surface area contributed by atoms with Crippen molar-refractivity contribution in [2.45, 2.75) is 18.9 Å². The maximum absolute atomic E-state index is 12.3. The van der Waals surface area contributed by atoms with Crippen LogP contribution >= 0.6 is 11.6 Å². The van der Waals surface area contributed by atoms with Crippen molar-refractivity contribution in [2.75, 3.05) is 13.1 Å². The first-order chi connectivity index (χ1) is 10.7. The maximum atomic E-state index is 12.3. The van der Waals surface area contributed by atoms with Gasteiger partial charge in [0.25, 0.3) is 0 Å². The Hall–Kier alpha value is -2.14. The second-order valence-corrected chi connectivity index (χ2v) is 5.61. The van der Waals surface area contributed by atoms with Gasteiger partial charge >= 0.3 is 0 Å². The van der Waals surface area contributed by atoms with Gasteiger partial charge in [-0.25, -0.2) is 0 Å². The molecule has 1 aliphatic heterocycles. The SMILES string of the molecule is O=C(Cc1ccccc1Cl)N1CC[C@@H](Oc2cccnn2)C1. The second-order valence-electron chi connectivity index (χ2n) is 5.20. The van der Waals surface area contributed by atoms with E-state index in [0.29, 0.717) is 30.4 Å². The van der Waals surface area contributed by atoms with Crippen molar-refractivity contribution in [1.82, 2.24) is 15.1 Å². The fraction of sp³-hybridized carbons (Fsp3) is 0.312. The minimum Gasteiger partial charge on any atom is -0.471 e. The Morgan fingerprint density at radius 2 is 2.18 bits per heavy atom. The fourth-order valence-corrected chi connectivity index (χ4v) is 2.69. The number of benzene rings is 1. The summed E-state index contributed by atoms with van der Waals surface area (Å²) < 4.78 is 5.74. The van der Waals surface area contributed by atoms with E-state index in [2.05, 4.69) is 10.2 Å². The average Bonchev–Trinajstić information content (AvgIpc) is 2.99. The molecular formula is C16H16ClN3O2. The molecule has 0 unspecified atom stereocenters. The van der Waals surface area contributed by atoms with Crippen molar-refractivity contribution in [2.24, 2.45) is 0 Å². The molecule has 0 saturated carbocycles. The molecule has 114 valence electrons. The molecule has 0 radical (unpaired) electrons. The molecule has 2 aromatic rings. The van der Waals surface area contributed by atoms with Crippen LogP contribution in [0, 0.1) is 0 Å². The van der Waals surface area contributed by atoms with Gasteiger partial charge in [-0.15, -0.1) is 5.10 Å². The molecule has 2 heterocycles. The fourth-order valence-electron chi connectivity index (χ4n) is 2.49. The molecular weight excluding hydrogens is 302 g/mol. The summed E-state index contributed by atoms with van der Waals surface area (Å²) in [5.74, 6) is 0.561. The zero-order valence-electron chi connectivity index (χ0n) is 12.0. The summed E-state index contributed by atoms with van der Waals surface area (Å²) in [6.07, 6.45) is 2.68. The van der Waals surface area contributed by atoms with Crippen LogP contribution in [-0.2, 0) is 11.2 Å². The summed E-state index contributed by atoms with van der Waals surface area (Å²) in [4.78, 5) is 14.2. The van der Waals surface area contributed by atoms with Gasteiger partial charge in [0.2, 0.25) is 11.8 Å². The van der Waals surface area contributed by atoms with Crippen LogP contribution in [-0.4, -0.2) is 40.2 Å². The predicted octanol–water partition coefficient (Wildman–Crippen LogP) is 2.35. The molecule has 3 rings (SSSR count). The lowest BCUT2D eigenvalue weighted by Gasteiger charge is -2.17. The molecule has 1 aromatic carbocycles. The summed E-state index contributed by atoms with van der Waals surface area (Å²) in [5, 5.41) is 8.30. The highest BCUT2D eigenvalue weighted by atomic mass is 35.5. The molecule has 1 atom stereocenters. The van der Waals surface area contributed by atoms with E-state index < -0.39 is 0 Å². The number of rotatable bonds is 4. The molecule has 1 fully saturated rings. The number of hydrogen-bond donors (Lipinski definition) is 0. The summed E-state index contributed by atoms with van der Waals surface area (Å²) in [6.45, 7) is 1.26. The molecule has 0 aliphatic carbocycles. The van der Waals surface area contributed by atoms with Gasteiger partial charge in [-0.3, -0.25) is 4.79 Å². The Morgan fingerprint density at radius 3 is 2.95 bits per heavy atom. The number of halogens is 1. The largest absolute Gasteiger partial charge is 0.471 e. The van der Waals surface area contributed by atoms with Crippen molar-refractivity contribution in [3.63, 3.8) is 0 Å². The van der Waals surface area contributed by atoms with Gasteiger partial charge in [0, 0.05) is 30.3 Å². The van der Waals surface area contributed by atoms with Crippen molar-refractivity contribution in [3.05, 3.63) is 53.2 Å². The molecule has 1 aliphatic rings. The number of amides is 1. The molecule has 5 nitrogen and oxygen atoms in total. The molecule has 0 bridgehead atoms. The number of carbonyl (C=O) groups is 1. The minimum atomic E-state index is -0.0353. The number of ether oxygens (including phenoxy) is 1. The van der Waals surface area contributed by atoms with Crippen LogP contribution in [0.3, 0.4) is 0 Å². The lowest BCUT2D eigenvalue weighted by atomic mass is 10.1. The van der Waals surface area contributed by atoms with E-state index in [9.17, 15) is 4.79 Å². The lowest BCUT2D eigenvalue weighted by Crippen LogP contribution is -2.32. The van der Waals surface area contributed by atoms with Crippen LogP contribution in [0.4, 0.5) is 0 Å². The van der Waals surface area contributed by atoms with E-state index >= 15 is 0 Å². The summed E-state index contributed by atoms with van der Waals surface area (Å²) in [5.41, 5.74) is 0.854. The smallest absolute Gasteiger partial charge is 0.233 e. The molecule has 1 amide bonds. The number of likely N-dealkylation sites (tertiary alicyclic amines) is 1. The first-order valence-corrected chi connectivity index (χ1v) is 7.56. The minimum absolute atomic E-state index is 0.0353. The molecule has 6 heteroatoms. The van der Waals surface area contributed by atoms with Gasteiger partial charge in [-0.1, -0.05) is 29.8 Å². The van der Waals surface area contributed by atoms with Crippen LogP contribution in [0.2, 0.25) is 5.02 Å². The molecule has 22 heavy (non-hydrogen) atoms. The molecule has 1 saturated heterocycles. The first kappa shape index (κ1) is 14.8. The normalized spacial score (nSPS) is 17.5. The summed E-state index contributed by atoms with van der Waals surface area (Å²) >= 11 is 6.10. The number of hydrogen-bond acceptors (Lipinski definition) is 4. The molecule has 1 aromatic heterocycles. The lowest BCUT2D eigenvalue weighted by molar-refractivity contribution is -0.129. The number of nitrogens with zero attached hydrogens (tertiary/aromatic N) is 3. The Morgan fingerprint density at radius 1 is 1.32 bits per heavy atom. The average molecular weight is 318 g/mol. The van der Waals surface area contributed by atoms with E-state index in [1.165, 1.54) is 0 Å². The van der Waals surface area contributed by atoms with Gasteiger partial charge in [0.15, 0.2) is 0 Å². The third-order valence-corrected chi connectivity index (χ3v) is 4.00. The Balaban J connectivity index is 1.56. The van der Waals surface area contributed by atoms with Crippen LogP contribution < -0.4 is 4.74 Å². The third kappa shape index (κ3) is 3.54. The molecule has 0 spiro atoms. The number of aromatic nitrogens is 2. The quantitative estimate of drug-likeness (QED) is 0.868. The van der Waals surface area contributed by atoms with Gasteiger partial charge in [-0.2, -0.15) is 5.10 Å². The summed E-state index contributed by atoms with van der Waals surface area (Å²) in [7, 11) is 0. The Labute approximate surface area is 133 Å².